The van der Waals surface area contributed by atoms with Crippen LogP contribution >= 0.6 is 0 Å². The number of carboxylic acid groups (broad SMARTS) is 1. The van der Waals surface area contributed by atoms with E-state index < -0.39 is 12.0 Å². The molecular formula is C10H18N2O4. The summed E-state index contributed by atoms with van der Waals surface area (Å²) in [4.78, 5) is 24.0. The van der Waals surface area contributed by atoms with Crippen LogP contribution in [-0.4, -0.2) is 53.3 Å². The number of ether oxygens (including phenoxy) is 1. The fraction of sp³-hybridized carbons (Fsp3) is 0.800. The van der Waals surface area contributed by atoms with Crippen LogP contribution in [0.1, 0.15) is 20.8 Å². The van der Waals surface area contributed by atoms with Crippen molar-refractivity contribution in [3.63, 3.8) is 0 Å². The molecule has 0 aromatic heterocycles. The van der Waals surface area contributed by atoms with Crippen LogP contribution in [0.15, 0.2) is 0 Å². The van der Waals surface area contributed by atoms with Crippen LogP contribution in [0, 0.1) is 0 Å². The molecule has 0 radical (unpaired) electrons. The first-order valence-electron chi connectivity index (χ1n) is 5.33. The molecule has 1 saturated heterocycles. The molecule has 6 heteroatoms. The lowest BCUT2D eigenvalue weighted by atomic mass is 10.2. The highest BCUT2D eigenvalue weighted by atomic mass is 16.5. The third-order valence-electron chi connectivity index (χ3n) is 2.58. The van der Waals surface area contributed by atoms with Crippen molar-refractivity contribution in [3.05, 3.63) is 0 Å². The van der Waals surface area contributed by atoms with E-state index in [0.717, 1.165) is 0 Å². The van der Waals surface area contributed by atoms with E-state index in [4.69, 9.17) is 9.84 Å². The van der Waals surface area contributed by atoms with Crippen molar-refractivity contribution in [3.8, 4) is 0 Å². The van der Waals surface area contributed by atoms with Crippen LogP contribution < -0.4 is 5.32 Å². The van der Waals surface area contributed by atoms with Crippen LogP contribution in [0.4, 0.5) is 4.79 Å². The monoisotopic (exact) mass is 230 g/mol. The van der Waals surface area contributed by atoms with Gasteiger partial charge in [0.2, 0.25) is 0 Å². The number of carboxylic acids is 1. The Morgan fingerprint density at radius 3 is 2.69 bits per heavy atom. The van der Waals surface area contributed by atoms with E-state index in [2.05, 4.69) is 5.32 Å². The zero-order valence-corrected chi connectivity index (χ0v) is 9.77. The molecular weight excluding hydrogens is 212 g/mol. The molecule has 0 aliphatic carbocycles. The molecule has 0 bridgehead atoms. The number of rotatable bonds is 2. The van der Waals surface area contributed by atoms with Gasteiger partial charge in [-0.2, -0.15) is 0 Å². The number of amides is 2. The van der Waals surface area contributed by atoms with E-state index in [-0.39, 0.29) is 18.2 Å². The first-order valence-corrected chi connectivity index (χ1v) is 5.33. The Morgan fingerprint density at radius 2 is 2.12 bits per heavy atom. The van der Waals surface area contributed by atoms with Gasteiger partial charge >= 0.3 is 12.0 Å². The van der Waals surface area contributed by atoms with Crippen LogP contribution in [-0.2, 0) is 9.53 Å². The standard InChI is InChI=1S/C10H18N2O4/c1-6-5-16-7(2)4-12(6)10(15)11-8(3)9(13)14/h6-8H,4-5H2,1-3H3,(H,11,15)(H,13,14)/t6?,7?,8-/m1/s1. The normalized spacial score (nSPS) is 27.3. The van der Waals surface area contributed by atoms with Gasteiger partial charge in [-0.25, -0.2) is 4.79 Å². The number of nitrogens with zero attached hydrogens (tertiary/aromatic N) is 1. The number of urea groups is 1. The lowest BCUT2D eigenvalue weighted by molar-refractivity contribution is -0.138. The van der Waals surface area contributed by atoms with Gasteiger partial charge in [-0.05, 0) is 20.8 Å². The summed E-state index contributed by atoms with van der Waals surface area (Å²) in [5.41, 5.74) is 0. The maximum atomic E-state index is 11.8. The molecule has 0 aromatic carbocycles. The van der Waals surface area contributed by atoms with Crippen molar-refractivity contribution in [2.75, 3.05) is 13.2 Å². The van der Waals surface area contributed by atoms with E-state index in [0.29, 0.717) is 13.2 Å². The predicted molar refractivity (Wildman–Crippen MR) is 57.2 cm³/mol. The van der Waals surface area contributed by atoms with Crippen LogP contribution in [0.3, 0.4) is 0 Å². The molecule has 0 saturated carbocycles. The molecule has 1 heterocycles. The van der Waals surface area contributed by atoms with Crippen LogP contribution in [0.25, 0.3) is 0 Å². The third kappa shape index (κ3) is 3.10. The zero-order chi connectivity index (χ0) is 12.3. The molecule has 92 valence electrons. The average Bonchev–Trinajstić information content (AvgIpc) is 2.21. The quantitative estimate of drug-likeness (QED) is 0.714. The number of carbonyl (C=O) groups is 2. The molecule has 1 aliphatic heterocycles. The summed E-state index contributed by atoms with van der Waals surface area (Å²) in [6.45, 7) is 6.16. The zero-order valence-electron chi connectivity index (χ0n) is 9.77. The second kappa shape index (κ2) is 5.16. The van der Waals surface area contributed by atoms with Crippen molar-refractivity contribution in [2.45, 2.75) is 39.0 Å². The number of hydrogen-bond acceptors (Lipinski definition) is 3. The maximum Gasteiger partial charge on any atom is 0.325 e. The van der Waals surface area contributed by atoms with Gasteiger partial charge in [0, 0.05) is 6.54 Å². The fourth-order valence-electron chi connectivity index (χ4n) is 1.52. The topological polar surface area (TPSA) is 78.9 Å². The van der Waals surface area contributed by atoms with E-state index in [1.165, 1.54) is 6.92 Å². The summed E-state index contributed by atoms with van der Waals surface area (Å²) >= 11 is 0. The van der Waals surface area contributed by atoms with Gasteiger partial charge in [0.1, 0.15) is 6.04 Å². The summed E-state index contributed by atoms with van der Waals surface area (Å²) in [5.74, 6) is -1.04. The number of aliphatic carboxylic acids is 1. The molecule has 16 heavy (non-hydrogen) atoms. The first kappa shape index (κ1) is 12.8. The minimum absolute atomic E-state index is 0.0120. The first-order chi connectivity index (χ1) is 7.41. The highest BCUT2D eigenvalue weighted by molar-refractivity contribution is 5.82. The number of hydrogen-bond donors (Lipinski definition) is 2. The van der Waals surface area contributed by atoms with Crippen molar-refractivity contribution in [1.29, 1.82) is 0 Å². The molecule has 1 aliphatic rings. The van der Waals surface area contributed by atoms with Gasteiger partial charge in [0.15, 0.2) is 0 Å². The minimum atomic E-state index is -1.04. The van der Waals surface area contributed by atoms with Gasteiger partial charge < -0.3 is 20.1 Å². The maximum absolute atomic E-state index is 11.8. The van der Waals surface area contributed by atoms with E-state index in [9.17, 15) is 9.59 Å². The van der Waals surface area contributed by atoms with Crippen molar-refractivity contribution < 1.29 is 19.4 Å². The molecule has 0 spiro atoms. The molecule has 6 nitrogen and oxygen atoms in total. The molecule has 1 rings (SSSR count). The smallest absolute Gasteiger partial charge is 0.325 e. The van der Waals surface area contributed by atoms with Gasteiger partial charge in [-0.1, -0.05) is 0 Å². The summed E-state index contributed by atoms with van der Waals surface area (Å²) < 4.78 is 5.38. The van der Waals surface area contributed by atoms with Gasteiger partial charge in [-0.15, -0.1) is 0 Å². The fourth-order valence-corrected chi connectivity index (χ4v) is 1.52. The van der Waals surface area contributed by atoms with Crippen molar-refractivity contribution in [2.24, 2.45) is 0 Å². The lowest BCUT2D eigenvalue weighted by Gasteiger charge is -2.37. The van der Waals surface area contributed by atoms with Crippen LogP contribution in [0.2, 0.25) is 0 Å². The lowest BCUT2D eigenvalue weighted by Crippen LogP contribution is -2.55. The summed E-state index contributed by atoms with van der Waals surface area (Å²) in [5, 5.41) is 11.1. The van der Waals surface area contributed by atoms with Gasteiger partial charge in [0.25, 0.3) is 0 Å². The van der Waals surface area contributed by atoms with E-state index in [1.807, 2.05) is 13.8 Å². The van der Waals surface area contributed by atoms with Crippen LogP contribution in [0.5, 0.6) is 0 Å². The Morgan fingerprint density at radius 1 is 1.50 bits per heavy atom. The Kier molecular flexibility index (Phi) is 4.12. The molecule has 2 unspecified atom stereocenters. The summed E-state index contributed by atoms with van der Waals surface area (Å²) in [6, 6.07) is -1.26. The molecule has 0 aromatic rings. The van der Waals surface area contributed by atoms with E-state index >= 15 is 0 Å². The van der Waals surface area contributed by atoms with Crippen molar-refractivity contribution in [1.82, 2.24) is 10.2 Å². The Hall–Kier alpha value is -1.30. The van der Waals surface area contributed by atoms with E-state index in [1.54, 1.807) is 4.90 Å². The second-order valence-electron chi connectivity index (χ2n) is 4.15. The average molecular weight is 230 g/mol. The molecule has 1 fully saturated rings. The summed E-state index contributed by atoms with van der Waals surface area (Å²) in [6.07, 6.45) is -0.0120. The van der Waals surface area contributed by atoms with Gasteiger partial charge in [0.05, 0.1) is 18.8 Å². The minimum Gasteiger partial charge on any atom is -0.480 e. The summed E-state index contributed by atoms with van der Waals surface area (Å²) in [7, 11) is 0. The Balaban J connectivity index is 2.55. The largest absolute Gasteiger partial charge is 0.480 e. The number of carbonyl (C=O) groups excluding carboxylic acids is 1. The SMILES string of the molecule is CC1CN(C(=O)N[C@H](C)C(=O)O)C(C)CO1. The second-order valence-corrected chi connectivity index (χ2v) is 4.15. The third-order valence-corrected chi connectivity index (χ3v) is 2.58. The van der Waals surface area contributed by atoms with Gasteiger partial charge in [-0.3, -0.25) is 4.79 Å². The Bertz CT molecular complexity index is 282. The highest BCUT2D eigenvalue weighted by Gasteiger charge is 2.28. The Labute approximate surface area is 94.6 Å². The number of nitrogens with one attached hydrogen (secondary N) is 1. The van der Waals surface area contributed by atoms with Crippen molar-refractivity contribution >= 4 is 12.0 Å². The predicted octanol–water partition coefficient (Wildman–Crippen LogP) is 0.278. The molecule has 2 N–H and O–H groups in total. The highest BCUT2D eigenvalue weighted by Crippen LogP contribution is 2.11. The number of morpholine rings is 1. The molecule has 2 amide bonds. The molecule has 3 atom stereocenters.